The SMILES string of the molecule is CCCCCCCCCCOc1c[nH]c(C(=O)O)c1F. The summed E-state index contributed by atoms with van der Waals surface area (Å²) in [6.45, 7) is 2.62. The molecule has 0 atom stereocenters. The van der Waals surface area contributed by atoms with Crippen molar-refractivity contribution in [2.75, 3.05) is 6.61 Å². The summed E-state index contributed by atoms with van der Waals surface area (Å²) < 4.78 is 18.7. The Kier molecular flexibility index (Phi) is 7.77. The lowest BCUT2D eigenvalue weighted by Gasteiger charge is -2.04. The highest BCUT2D eigenvalue weighted by Crippen LogP contribution is 2.20. The highest BCUT2D eigenvalue weighted by Gasteiger charge is 2.17. The second kappa shape index (κ2) is 9.39. The lowest BCUT2D eigenvalue weighted by Crippen LogP contribution is -2.01. The smallest absolute Gasteiger partial charge is 0.355 e. The molecule has 1 aromatic heterocycles. The summed E-state index contributed by atoms with van der Waals surface area (Å²) in [7, 11) is 0. The molecule has 0 aliphatic rings. The summed E-state index contributed by atoms with van der Waals surface area (Å²) in [5.74, 6) is -2.15. The van der Waals surface area contributed by atoms with Gasteiger partial charge in [-0.2, -0.15) is 0 Å². The van der Waals surface area contributed by atoms with E-state index in [4.69, 9.17) is 9.84 Å². The molecule has 0 spiro atoms. The van der Waals surface area contributed by atoms with E-state index in [0.29, 0.717) is 6.61 Å². The van der Waals surface area contributed by atoms with Gasteiger partial charge < -0.3 is 14.8 Å². The summed E-state index contributed by atoms with van der Waals surface area (Å²) in [6.07, 6.45) is 10.7. The van der Waals surface area contributed by atoms with Crippen LogP contribution in [0.2, 0.25) is 0 Å². The molecule has 0 fully saturated rings. The molecule has 1 aromatic rings. The molecule has 20 heavy (non-hydrogen) atoms. The van der Waals surface area contributed by atoms with Gasteiger partial charge in [0.25, 0.3) is 0 Å². The fourth-order valence-corrected chi connectivity index (χ4v) is 2.07. The molecule has 1 rings (SSSR count). The molecule has 0 aromatic carbocycles. The molecular weight excluding hydrogens is 261 g/mol. The average molecular weight is 285 g/mol. The maximum absolute atomic E-state index is 13.5. The highest BCUT2D eigenvalue weighted by molar-refractivity contribution is 5.86. The molecule has 5 heteroatoms. The average Bonchev–Trinajstić information content (AvgIpc) is 2.78. The van der Waals surface area contributed by atoms with E-state index in [-0.39, 0.29) is 5.75 Å². The number of H-pyrrole nitrogens is 1. The Morgan fingerprint density at radius 2 is 1.80 bits per heavy atom. The number of hydrogen-bond donors (Lipinski definition) is 2. The van der Waals surface area contributed by atoms with Crippen molar-refractivity contribution in [3.05, 3.63) is 17.7 Å². The monoisotopic (exact) mass is 285 g/mol. The van der Waals surface area contributed by atoms with E-state index in [1.165, 1.54) is 44.7 Å². The van der Waals surface area contributed by atoms with E-state index in [9.17, 15) is 9.18 Å². The molecule has 2 N–H and O–H groups in total. The number of nitrogens with one attached hydrogen (secondary N) is 1. The number of carboxylic acid groups (broad SMARTS) is 1. The number of rotatable bonds is 11. The van der Waals surface area contributed by atoms with E-state index in [2.05, 4.69) is 11.9 Å². The number of aromatic amines is 1. The Hall–Kier alpha value is -1.52. The van der Waals surface area contributed by atoms with Gasteiger partial charge in [0.1, 0.15) is 0 Å². The first-order valence-corrected chi connectivity index (χ1v) is 7.39. The van der Waals surface area contributed by atoms with E-state index in [1.807, 2.05) is 0 Å². The van der Waals surface area contributed by atoms with Crippen LogP contribution >= 0.6 is 0 Å². The largest absolute Gasteiger partial charge is 0.489 e. The maximum Gasteiger partial charge on any atom is 0.355 e. The quantitative estimate of drug-likeness (QED) is 0.593. The lowest BCUT2D eigenvalue weighted by molar-refractivity contribution is 0.0685. The van der Waals surface area contributed by atoms with Crippen LogP contribution in [0.4, 0.5) is 4.39 Å². The van der Waals surface area contributed by atoms with E-state index < -0.39 is 17.5 Å². The van der Waals surface area contributed by atoms with Crippen LogP contribution in [0.1, 0.15) is 68.8 Å². The Morgan fingerprint density at radius 3 is 2.35 bits per heavy atom. The predicted molar refractivity (Wildman–Crippen MR) is 75.8 cm³/mol. The van der Waals surface area contributed by atoms with Crippen molar-refractivity contribution in [1.29, 1.82) is 0 Å². The molecule has 0 unspecified atom stereocenters. The van der Waals surface area contributed by atoms with Crippen molar-refractivity contribution in [2.45, 2.75) is 58.3 Å². The summed E-state index contributed by atoms with van der Waals surface area (Å²) >= 11 is 0. The van der Waals surface area contributed by atoms with Crippen molar-refractivity contribution in [3.8, 4) is 5.75 Å². The third-order valence-corrected chi connectivity index (χ3v) is 3.25. The van der Waals surface area contributed by atoms with Gasteiger partial charge in [0.15, 0.2) is 17.3 Å². The minimum Gasteiger partial charge on any atom is -0.489 e. The zero-order valence-electron chi connectivity index (χ0n) is 12.1. The van der Waals surface area contributed by atoms with Gasteiger partial charge >= 0.3 is 5.97 Å². The zero-order chi connectivity index (χ0) is 14.8. The van der Waals surface area contributed by atoms with Crippen LogP contribution in [0.25, 0.3) is 0 Å². The summed E-state index contributed by atoms with van der Waals surface area (Å²) in [5, 5.41) is 8.68. The van der Waals surface area contributed by atoms with Gasteiger partial charge in [-0.15, -0.1) is 0 Å². The van der Waals surface area contributed by atoms with Crippen LogP contribution in [0.15, 0.2) is 6.20 Å². The Balaban J connectivity index is 2.08. The number of halogens is 1. The molecule has 0 amide bonds. The van der Waals surface area contributed by atoms with Gasteiger partial charge in [0.2, 0.25) is 0 Å². The molecule has 4 nitrogen and oxygen atoms in total. The fourth-order valence-electron chi connectivity index (χ4n) is 2.07. The molecular formula is C15H24FNO3. The molecule has 0 saturated carbocycles. The zero-order valence-corrected chi connectivity index (χ0v) is 12.1. The molecule has 0 bridgehead atoms. The van der Waals surface area contributed by atoms with E-state index in [0.717, 1.165) is 12.8 Å². The van der Waals surface area contributed by atoms with Gasteiger partial charge in [0.05, 0.1) is 6.61 Å². The predicted octanol–water partition coefficient (Wildman–Crippen LogP) is 4.37. The van der Waals surface area contributed by atoms with Crippen molar-refractivity contribution in [2.24, 2.45) is 0 Å². The number of unbranched alkanes of at least 4 members (excludes halogenated alkanes) is 7. The Labute approximate surface area is 119 Å². The fraction of sp³-hybridized carbons (Fsp3) is 0.667. The number of hydrogen-bond acceptors (Lipinski definition) is 2. The topological polar surface area (TPSA) is 62.3 Å². The first kappa shape index (κ1) is 16.5. The van der Waals surface area contributed by atoms with Gasteiger partial charge in [0, 0.05) is 6.20 Å². The second-order valence-electron chi connectivity index (χ2n) is 4.97. The molecule has 0 saturated heterocycles. The number of aromatic nitrogens is 1. The van der Waals surface area contributed by atoms with Crippen LogP contribution in [0.3, 0.4) is 0 Å². The van der Waals surface area contributed by atoms with Crippen LogP contribution in [-0.4, -0.2) is 22.7 Å². The highest BCUT2D eigenvalue weighted by atomic mass is 19.1. The van der Waals surface area contributed by atoms with Crippen molar-refractivity contribution in [1.82, 2.24) is 4.98 Å². The van der Waals surface area contributed by atoms with Gasteiger partial charge in [-0.25, -0.2) is 9.18 Å². The molecule has 0 aliphatic heterocycles. The van der Waals surface area contributed by atoms with Crippen LogP contribution in [0.5, 0.6) is 5.75 Å². The number of carbonyl (C=O) groups is 1. The molecule has 114 valence electrons. The molecule has 1 heterocycles. The number of aromatic carboxylic acids is 1. The maximum atomic E-state index is 13.5. The minimum atomic E-state index is -1.32. The minimum absolute atomic E-state index is 0.00894. The van der Waals surface area contributed by atoms with Crippen molar-refractivity contribution >= 4 is 5.97 Å². The lowest BCUT2D eigenvalue weighted by atomic mass is 10.1. The number of carboxylic acids is 1. The summed E-state index contributed by atoms with van der Waals surface area (Å²) in [4.78, 5) is 13.0. The van der Waals surface area contributed by atoms with Crippen LogP contribution < -0.4 is 4.74 Å². The van der Waals surface area contributed by atoms with Crippen molar-refractivity contribution in [3.63, 3.8) is 0 Å². The van der Waals surface area contributed by atoms with E-state index in [1.54, 1.807) is 0 Å². The van der Waals surface area contributed by atoms with Crippen molar-refractivity contribution < 1.29 is 19.0 Å². The second-order valence-corrected chi connectivity index (χ2v) is 4.97. The molecule has 0 aliphatic carbocycles. The third-order valence-electron chi connectivity index (χ3n) is 3.25. The van der Waals surface area contributed by atoms with Gasteiger partial charge in [-0.1, -0.05) is 51.9 Å². The summed E-state index contributed by atoms with van der Waals surface area (Å²) in [6, 6.07) is 0. The van der Waals surface area contributed by atoms with Crippen LogP contribution in [-0.2, 0) is 0 Å². The Bertz CT molecular complexity index is 404. The normalized spacial score (nSPS) is 10.7. The standard InChI is InChI=1S/C15H24FNO3/c1-2-3-4-5-6-7-8-9-10-20-12-11-17-14(13(12)16)15(18)19/h11,17H,2-10H2,1H3,(H,18,19). The molecule has 0 radical (unpaired) electrons. The van der Waals surface area contributed by atoms with E-state index >= 15 is 0 Å². The van der Waals surface area contributed by atoms with Crippen LogP contribution in [0, 0.1) is 5.82 Å². The Morgan fingerprint density at radius 1 is 1.20 bits per heavy atom. The first-order valence-electron chi connectivity index (χ1n) is 7.39. The third kappa shape index (κ3) is 5.63. The first-order chi connectivity index (χ1) is 9.66. The van der Waals surface area contributed by atoms with Gasteiger partial charge in [-0.3, -0.25) is 0 Å². The summed E-state index contributed by atoms with van der Waals surface area (Å²) in [5.41, 5.74) is -0.448. The number of ether oxygens (including phenoxy) is 1. The van der Waals surface area contributed by atoms with Gasteiger partial charge in [-0.05, 0) is 6.42 Å².